The van der Waals surface area contributed by atoms with Gasteiger partial charge in [-0.05, 0) is 25.3 Å². The molecule has 9 heteroatoms. The first-order valence-corrected chi connectivity index (χ1v) is 8.64. The van der Waals surface area contributed by atoms with Gasteiger partial charge in [-0.3, -0.25) is 10.1 Å². The van der Waals surface area contributed by atoms with Crippen molar-refractivity contribution in [1.29, 1.82) is 0 Å². The number of hydrogen-bond donors (Lipinski definition) is 2. The lowest BCUT2D eigenvalue weighted by molar-refractivity contribution is -0.384. The molecule has 1 fully saturated rings. The molecule has 146 valence electrons. The van der Waals surface area contributed by atoms with Gasteiger partial charge in [-0.1, -0.05) is 12.1 Å². The molecular weight excluding hydrogens is 451 g/mol. The van der Waals surface area contributed by atoms with Gasteiger partial charge >= 0.3 is 0 Å². The summed E-state index contributed by atoms with van der Waals surface area (Å²) in [6.45, 7) is 6.19. The van der Waals surface area contributed by atoms with Gasteiger partial charge in [0, 0.05) is 38.4 Å². The van der Waals surface area contributed by atoms with Crippen LogP contribution in [0.2, 0.25) is 0 Å². The molecule has 1 aliphatic heterocycles. The molecule has 2 N–H and O–H groups in total. The fraction of sp³-hybridized carbons (Fsp3) is 0.588. The molecule has 1 unspecified atom stereocenters. The van der Waals surface area contributed by atoms with Crippen LogP contribution in [-0.4, -0.2) is 49.9 Å². The Morgan fingerprint density at radius 1 is 1.38 bits per heavy atom. The van der Waals surface area contributed by atoms with Gasteiger partial charge in [0.05, 0.1) is 24.2 Å². The Morgan fingerprint density at radius 2 is 2.15 bits per heavy atom. The number of nitro benzene ring substituents is 1. The average molecular weight is 478 g/mol. The van der Waals surface area contributed by atoms with E-state index in [0.717, 1.165) is 44.1 Å². The Balaban J connectivity index is 0.00000338. The topological polar surface area (TPSA) is 98.0 Å². The summed E-state index contributed by atoms with van der Waals surface area (Å²) in [5, 5.41) is 17.1. The van der Waals surface area contributed by atoms with Crippen LogP contribution in [0, 0.1) is 10.1 Å². The number of nitrogens with one attached hydrogen (secondary N) is 2. The minimum absolute atomic E-state index is 0. The number of guanidine groups is 1. The molecule has 26 heavy (non-hydrogen) atoms. The maximum Gasteiger partial charge on any atom is 0.269 e. The second-order valence-electron chi connectivity index (χ2n) is 5.76. The molecule has 1 atom stereocenters. The Kier molecular flexibility index (Phi) is 11.1. The number of nitrogens with zero attached hydrogens (tertiary/aromatic N) is 2. The second-order valence-corrected chi connectivity index (χ2v) is 5.76. The predicted octanol–water partition coefficient (Wildman–Crippen LogP) is 2.46. The minimum Gasteiger partial charge on any atom is -0.379 e. The van der Waals surface area contributed by atoms with Crippen LogP contribution in [0.25, 0.3) is 0 Å². The second kappa shape index (κ2) is 12.8. The Bertz CT molecular complexity index is 562. The molecule has 1 aromatic carbocycles. The van der Waals surface area contributed by atoms with Crippen LogP contribution in [-0.2, 0) is 16.0 Å². The van der Waals surface area contributed by atoms with Gasteiger partial charge in [0.2, 0.25) is 0 Å². The average Bonchev–Trinajstić information content (AvgIpc) is 3.13. The van der Waals surface area contributed by atoms with Gasteiger partial charge in [-0.15, -0.1) is 24.0 Å². The van der Waals surface area contributed by atoms with Crippen molar-refractivity contribution in [2.24, 2.45) is 4.99 Å². The van der Waals surface area contributed by atoms with Gasteiger partial charge in [-0.25, -0.2) is 4.99 Å². The highest BCUT2D eigenvalue weighted by Crippen LogP contribution is 2.12. The highest BCUT2D eigenvalue weighted by atomic mass is 127. The van der Waals surface area contributed by atoms with Crippen molar-refractivity contribution in [1.82, 2.24) is 10.6 Å². The quantitative estimate of drug-likeness (QED) is 0.141. The third kappa shape index (κ3) is 8.28. The van der Waals surface area contributed by atoms with Crippen molar-refractivity contribution >= 4 is 35.6 Å². The lowest BCUT2D eigenvalue weighted by Crippen LogP contribution is -2.38. The van der Waals surface area contributed by atoms with Gasteiger partial charge in [0.1, 0.15) is 0 Å². The molecule has 0 saturated carbocycles. The van der Waals surface area contributed by atoms with Crippen molar-refractivity contribution in [3.63, 3.8) is 0 Å². The zero-order chi connectivity index (χ0) is 17.9. The molecule has 8 nitrogen and oxygen atoms in total. The summed E-state index contributed by atoms with van der Waals surface area (Å²) in [5.74, 6) is 0.727. The molecule has 2 rings (SSSR count). The van der Waals surface area contributed by atoms with E-state index in [1.807, 2.05) is 6.92 Å². The maximum atomic E-state index is 10.7. The normalized spacial score (nSPS) is 16.8. The molecule has 0 aliphatic carbocycles. The van der Waals surface area contributed by atoms with Crippen molar-refractivity contribution in [2.45, 2.75) is 32.4 Å². The number of ether oxygens (including phenoxy) is 2. The molecular formula is C17H27IN4O4. The Morgan fingerprint density at radius 3 is 2.77 bits per heavy atom. The fourth-order valence-corrected chi connectivity index (χ4v) is 2.41. The Hall–Kier alpha value is -1.46. The number of nitro groups is 1. The molecule has 0 bridgehead atoms. The first-order valence-electron chi connectivity index (χ1n) is 8.64. The first kappa shape index (κ1) is 22.6. The predicted molar refractivity (Wildman–Crippen MR) is 111 cm³/mol. The maximum absolute atomic E-state index is 10.7. The summed E-state index contributed by atoms with van der Waals surface area (Å²) in [4.78, 5) is 14.8. The van der Waals surface area contributed by atoms with E-state index in [2.05, 4.69) is 15.6 Å². The van der Waals surface area contributed by atoms with E-state index in [-0.39, 0.29) is 35.8 Å². The number of halogens is 1. The number of non-ortho nitro benzene ring substituents is 1. The lowest BCUT2D eigenvalue weighted by atomic mass is 10.2. The molecule has 0 radical (unpaired) electrons. The third-order valence-corrected chi connectivity index (χ3v) is 3.77. The number of benzene rings is 1. The SMILES string of the molecule is CCNC(=NCc1ccc([N+](=O)[O-])cc1)NCCCOC1CCOC1.I. The summed E-state index contributed by atoms with van der Waals surface area (Å²) in [7, 11) is 0. The number of aliphatic imine (C=N–C) groups is 1. The first-order chi connectivity index (χ1) is 12.2. The van der Waals surface area contributed by atoms with Crippen LogP contribution in [0.1, 0.15) is 25.3 Å². The van der Waals surface area contributed by atoms with Gasteiger partial charge in [0.15, 0.2) is 5.96 Å². The van der Waals surface area contributed by atoms with Crippen LogP contribution in [0.3, 0.4) is 0 Å². The molecule has 0 amide bonds. The van der Waals surface area contributed by atoms with Crippen molar-refractivity contribution < 1.29 is 14.4 Å². The largest absolute Gasteiger partial charge is 0.379 e. The molecule has 1 aliphatic rings. The smallest absolute Gasteiger partial charge is 0.269 e. The highest BCUT2D eigenvalue weighted by Gasteiger charge is 2.15. The van der Waals surface area contributed by atoms with Crippen LogP contribution in [0.4, 0.5) is 5.69 Å². The highest BCUT2D eigenvalue weighted by molar-refractivity contribution is 14.0. The minimum atomic E-state index is -0.404. The summed E-state index contributed by atoms with van der Waals surface area (Å²) in [6, 6.07) is 6.44. The molecule has 0 spiro atoms. The number of rotatable bonds is 9. The van der Waals surface area contributed by atoms with E-state index in [9.17, 15) is 10.1 Å². The zero-order valence-electron chi connectivity index (χ0n) is 15.0. The van der Waals surface area contributed by atoms with Gasteiger partial charge in [-0.2, -0.15) is 0 Å². The van der Waals surface area contributed by atoms with Crippen molar-refractivity contribution in [3.05, 3.63) is 39.9 Å². The van der Waals surface area contributed by atoms with E-state index in [0.29, 0.717) is 19.8 Å². The van der Waals surface area contributed by atoms with E-state index < -0.39 is 4.92 Å². The van der Waals surface area contributed by atoms with Crippen LogP contribution < -0.4 is 10.6 Å². The van der Waals surface area contributed by atoms with E-state index in [1.165, 1.54) is 12.1 Å². The summed E-state index contributed by atoms with van der Waals surface area (Å²) < 4.78 is 11.0. The zero-order valence-corrected chi connectivity index (χ0v) is 17.3. The van der Waals surface area contributed by atoms with Gasteiger partial charge < -0.3 is 20.1 Å². The molecule has 1 saturated heterocycles. The van der Waals surface area contributed by atoms with Crippen LogP contribution in [0.15, 0.2) is 29.3 Å². The number of hydrogen-bond acceptors (Lipinski definition) is 5. The summed E-state index contributed by atoms with van der Waals surface area (Å²) in [6.07, 6.45) is 2.11. The molecule has 0 aromatic heterocycles. The van der Waals surface area contributed by atoms with Crippen molar-refractivity contribution in [2.75, 3.05) is 32.9 Å². The van der Waals surface area contributed by atoms with Gasteiger partial charge in [0.25, 0.3) is 5.69 Å². The molecule has 1 aromatic rings. The third-order valence-electron chi connectivity index (χ3n) is 3.77. The molecule has 1 heterocycles. The van der Waals surface area contributed by atoms with E-state index in [1.54, 1.807) is 12.1 Å². The van der Waals surface area contributed by atoms with Crippen LogP contribution in [0.5, 0.6) is 0 Å². The van der Waals surface area contributed by atoms with Crippen LogP contribution >= 0.6 is 24.0 Å². The monoisotopic (exact) mass is 478 g/mol. The van der Waals surface area contributed by atoms with E-state index in [4.69, 9.17) is 9.47 Å². The van der Waals surface area contributed by atoms with E-state index >= 15 is 0 Å². The standard InChI is InChI=1S/C17H26N4O4.HI/c1-2-18-17(19-9-3-10-25-16-8-11-24-13-16)20-12-14-4-6-15(7-5-14)21(22)23;/h4-7,16H,2-3,8-13H2,1H3,(H2,18,19,20);1H. The fourth-order valence-electron chi connectivity index (χ4n) is 2.41. The van der Waals surface area contributed by atoms with Crippen molar-refractivity contribution in [3.8, 4) is 0 Å². The summed E-state index contributed by atoms with van der Waals surface area (Å²) >= 11 is 0. The lowest BCUT2D eigenvalue weighted by Gasteiger charge is -2.13. The summed E-state index contributed by atoms with van der Waals surface area (Å²) in [5.41, 5.74) is 1.01. The Labute approximate surface area is 170 Å².